The van der Waals surface area contributed by atoms with Gasteiger partial charge in [-0.25, -0.2) is 4.79 Å². The first-order valence-corrected chi connectivity index (χ1v) is 4.37. The Morgan fingerprint density at radius 3 is 2.92 bits per heavy atom. The van der Waals surface area contributed by atoms with Gasteiger partial charge in [0.1, 0.15) is 6.04 Å². The van der Waals surface area contributed by atoms with Crippen LogP contribution in [0.25, 0.3) is 0 Å². The van der Waals surface area contributed by atoms with E-state index >= 15 is 0 Å². The van der Waals surface area contributed by atoms with Gasteiger partial charge in [-0.15, -0.1) is 0 Å². The molecule has 0 radical (unpaired) electrons. The third kappa shape index (κ3) is 1.85. The first-order chi connectivity index (χ1) is 5.65. The minimum atomic E-state index is -0.854. The van der Waals surface area contributed by atoms with Gasteiger partial charge in [0.15, 0.2) is 0 Å². The molecule has 1 atom stereocenters. The second kappa shape index (κ2) is 3.71. The normalized spacial score (nSPS) is 12.8. The van der Waals surface area contributed by atoms with Crippen molar-refractivity contribution in [2.45, 2.75) is 19.4 Å². The van der Waals surface area contributed by atoms with Crippen molar-refractivity contribution in [2.24, 2.45) is 0 Å². The number of hydrogen-bond acceptors (Lipinski definition) is 2. The molecule has 0 amide bonds. The van der Waals surface area contributed by atoms with E-state index in [4.69, 9.17) is 5.11 Å². The molecular weight excluding hydrogens is 224 g/mol. The van der Waals surface area contributed by atoms with Gasteiger partial charge in [-0.1, -0.05) is 6.92 Å². The zero-order valence-corrected chi connectivity index (χ0v) is 8.15. The fraction of sp³-hybridized carbons (Fsp3) is 0.429. The second-order valence-electron chi connectivity index (χ2n) is 2.40. The molecule has 0 spiro atoms. The molecule has 0 aliphatic heterocycles. The van der Waals surface area contributed by atoms with Crippen LogP contribution in [-0.2, 0) is 4.79 Å². The van der Waals surface area contributed by atoms with Crippen LogP contribution < -0.4 is 0 Å². The van der Waals surface area contributed by atoms with Crippen molar-refractivity contribution in [3.05, 3.63) is 16.9 Å². The van der Waals surface area contributed by atoms with E-state index in [2.05, 4.69) is 21.0 Å². The molecule has 1 N–H and O–H groups in total. The van der Waals surface area contributed by atoms with Gasteiger partial charge >= 0.3 is 5.97 Å². The topological polar surface area (TPSA) is 55.1 Å². The van der Waals surface area contributed by atoms with Crippen LogP contribution in [0.2, 0.25) is 0 Å². The first-order valence-electron chi connectivity index (χ1n) is 3.57. The molecule has 0 saturated carbocycles. The van der Waals surface area contributed by atoms with E-state index in [1.54, 1.807) is 12.4 Å². The average Bonchev–Trinajstić information content (AvgIpc) is 2.37. The molecule has 4 nitrogen and oxygen atoms in total. The predicted octanol–water partition coefficient (Wildman–Crippen LogP) is 1.68. The molecule has 5 heteroatoms. The number of carboxylic acid groups (broad SMARTS) is 1. The Morgan fingerprint density at radius 1 is 1.92 bits per heavy atom. The van der Waals surface area contributed by atoms with Crippen LogP contribution in [0.15, 0.2) is 16.9 Å². The van der Waals surface area contributed by atoms with Gasteiger partial charge in [-0.2, -0.15) is 5.10 Å². The lowest BCUT2D eigenvalue weighted by Crippen LogP contribution is -2.18. The number of nitrogens with zero attached hydrogens (tertiary/aromatic N) is 2. The third-order valence-electron chi connectivity index (χ3n) is 1.56. The van der Waals surface area contributed by atoms with E-state index in [0.717, 1.165) is 4.47 Å². The molecule has 1 rings (SSSR count). The summed E-state index contributed by atoms with van der Waals surface area (Å²) in [6.07, 6.45) is 3.76. The number of carbonyl (C=O) groups is 1. The van der Waals surface area contributed by atoms with Crippen LogP contribution in [0, 0.1) is 0 Å². The van der Waals surface area contributed by atoms with Crippen molar-refractivity contribution < 1.29 is 9.90 Å². The summed E-state index contributed by atoms with van der Waals surface area (Å²) in [5, 5.41) is 12.7. The highest BCUT2D eigenvalue weighted by Gasteiger charge is 2.17. The molecule has 1 aromatic heterocycles. The Bertz CT molecular complexity index is 285. The molecule has 0 fully saturated rings. The molecule has 0 aromatic carbocycles. The molecule has 12 heavy (non-hydrogen) atoms. The largest absolute Gasteiger partial charge is 0.480 e. The summed E-state index contributed by atoms with van der Waals surface area (Å²) in [7, 11) is 0. The average molecular weight is 233 g/mol. The monoisotopic (exact) mass is 232 g/mol. The molecule has 0 saturated heterocycles. The fourth-order valence-corrected chi connectivity index (χ4v) is 1.26. The van der Waals surface area contributed by atoms with Gasteiger partial charge in [-0.3, -0.25) is 4.68 Å². The van der Waals surface area contributed by atoms with Crippen molar-refractivity contribution in [1.82, 2.24) is 9.78 Å². The Kier molecular flexibility index (Phi) is 2.86. The lowest BCUT2D eigenvalue weighted by molar-refractivity contribution is -0.141. The summed E-state index contributed by atoms with van der Waals surface area (Å²) < 4.78 is 2.23. The highest BCUT2D eigenvalue weighted by atomic mass is 79.9. The maximum absolute atomic E-state index is 10.7. The lowest BCUT2D eigenvalue weighted by Gasteiger charge is -2.08. The summed E-state index contributed by atoms with van der Waals surface area (Å²) in [4.78, 5) is 10.7. The van der Waals surface area contributed by atoms with Crippen LogP contribution in [0.1, 0.15) is 19.4 Å². The maximum atomic E-state index is 10.7. The molecule has 0 aliphatic carbocycles. The SMILES string of the molecule is CCC(C(=O)O)n1cc(Br)cn1. The maximum Gasteiger partial charge on any atom is 0.328 e. The Hall–Kier alpha value is -0.840. The van der Waals surface area contributed by atoms with Crippen molar-refractivity contribution in [2.75, 3.05) is 0 Å². The minimum absolute atomic E-state index is 0.531. The summed E-state index contributed by atoms with van der Waals surface area (Å²) >= 11 is 3.20. The Morgan fingerprint density at radius 2 is 2.58 bits per heavy atom. The zero-order chi connectivity index (χ0) is 9.14. The summed E-state index contributed by atoms with van der Waals surface area (Å²) in [5.41, 5.74) is 0. The van der Waals surface area contributed by atoms with E-state index < -0.39 is 12.0 Å². The first kappa shape index (κ1) is 9.25. The van der Waals surface area contributed by atoms with E-state index in [9.17, 15) is 4.79 Å². The van der Waals surface area contributed by atoms with E-state index in [1.807, 2.05) is 6.92 Å². The second-order valence-corrected chi connectivity index (χ2v) is 3.32. The Balaban J connectivity index is 2.87. The molecule has 0 aliphatic rings. The van der Waals surface area contributed by atoms with Crippen molar-refractivity contribution in [3.63, 3.8) is 0 Å². The van der Waals surface area contributed by atoms with Crippen molar-refractivity contribution in [3.8, 4) is 0 Å². The number of aliphatic carboxylic acids is 1. The van der Waals surface area contributed by atoms with Crippen LogP contribution in [0.4, 0.5) is 0 Å². The molecule has 1 heterocycles. The van der Waals surface area contributed by atoms with Crippen molar-refractivity contribution in [1.29, 1.82) is 0 Å². The highest BCUT2D eigenvalue weighted by Crippen LogP contribution is 2.14. The number of aromatic nitrogens is 2. The van der Waals surface area contributed by atoms with Gasteiger partial charge < -0.3 is 5.11 Å². The van der Waals surface area contributed by atoms with Gasteiger partial charge in [0.25, 0.3) is 0 Å². The molecule has 1 unspecified atom stereocenters. The fourth-order valence-electron chi connectivity index (χ4n) is 0.960. The molecule has 1 aromatic rings. The number of hydrogen-bond donors (Lipinski definition) is 1. The number of carboxylic acids is 1. The minimum Gasteiger partial charge on any atom is -0.480 e. The highest BCUT2D eigenvalue weighted by molar-refractivity contribution is 9.10. The van der Waals surface area contributed by atoms with Gasteiger partial charge in [0.2, 0.25) is 0 Å². The van der Waals surface area contributed by atoms with Crippen LogP contribution in [0.5, 0.6) is 0 Å². The lowest BCUT2D eigenvalue weighted by atomic mass is 10.2. The van der Waals surface area contributed by atoms with Crippen LogP contribution >= 0.6 is 15.9 Å². The number of rotatable bonds is 3. The van der Waals surface area contributed by atoms with Gasteiger partial charge in [0, 0.05) is 6.20 Å². The van der Waals surface area contributed by atoms with Gasteiger partial charge in [-0.05, 0) is 22.4 Å². The quantitative estimate of drug-likeness (QED) is 0.863. The Labute approximate surface area is 78.3 Å². The number of halogens is 1. The van der Waals surface area contributed by atoms with E-state index in [-0.39, 0.29) is 0 Å². The van der Waals surface area contributed by atoms with E-state index in [0.29, 0.717) is 6.42 Å². The van der Waals surface area contributed by atoms with Crippen LogP contribution in [0.3, 0.4) is 0 Å². The molecule has 0 bridgehead atoms. The predicted molar refractivity (Wildman–Crippen MR) is 46.9 cm³/mol. The summed E-state index contributed by atoms with van der Waals surface area (Å²) in [5.74, 6) is -0.854. The van der Waals surface area contributed by atoms with Gasteiger partial charge in [0.05, 0.1) is 10.7 Å². The third-order valence-corrected chi connectivity index (χ3v) is 1.97. The van der Waals surface area contributed by atoms with E-state index in [1.165, 1.54) is 4.68 Å². The van der Waals surface area contributed by atoms with Crippen LogP contribution in [-0.4, -0.2) is 20.9 Å². The summed E-state index contributed by atoms with van der Waals surface area (Å²) in [6.45, 7) is 1.81. The zero-order valence-electron chi connectivity index (χ0n) is 6.57. The smallest absolute Gasteiger partial charge is 0.328 e. The molecular formula is C7H9BrN2O2. The summed E-state index contributed by atoms with van der Waals surface area (Å²) in [6, 6.07) is -0.559. The molecule has 66 valence electrons. The van der Waals surface area contributed by atoms with Crippen molar-refractivity contribution >= 4 is 21.9 Å². The standard InChI is InChI=1S/C7H9BrN2O2/c1-2-6(7(11)12)10-4-5(8)3-9-10/h3-4,6H,2H2,1H3,(H,11,12).